The second kappa shape index (κ2) is 10.1. The van der Waals surface area contributed by atoms with Crippen LogP contribution >= 0.6 is 11.8 Å². The van der Waals surface area contributed by atoms with Crippen molar-refractivity contribution >= 4 is 17.4 Å². The first-order valence-corrected chi connectivity index (χ1v) is 11.6. The molecule has 4 rings (SSSR count). The van der Waals surface area contributed by atoms with Gasteiger partial charge >= 0.3 is 0 Å². The summed E-state index contributed by atoms with van der Waals surface area (Å²) < 4.78 is 2.20. The van der Waals surface area contributed by atoms with Crippen LogP contribution in [0.3, 0.4) is 0 Å². The lowest BCUT2D eigenvalue weighted by Crippen LogP contribution is -2.30. The number of nitro groups is 1. The molecule has 1 aliphatic rings. The van der Waals surface area contributed by atoms with E-state index >= 15 is 0 Å². The molecular weight excluding hydrogens is 410 g/mol. The number of likely N-dealkylation sites (tertiary alicyclic amines) is 1. The third-order valence-corrected chi connectivity index (χ3v) is 6.76. The van der Waals surface area contributed by atoms with E-state index in [1.165, 1.54) is 30.9 Å². The summed E-state index contributed by atoms with van der Waals surface area (Å²) in [6.07, 6.45) is 3.77. The van der Waals surface area contributed by atoms with Gasteiger partial charge in [-0.15, -0.1) is 10.2 Å². The second-order valence-corrected chi connectivity index (χ2v) is 9.23. The molecule has 0 N–H and O–H groups in total. The zero-order chi connectivity index (χ0) is 21.6. The van der Waals surface area contributed by atoms with Crippen molar-refractivity contribution in [3.8, 4) is 0 Å². The number of piperidine rings is 1. The van der Waals surface area contributed by atoms with Crippen molar-refractivity contribution in [2.75, 3.05) is 13.1 Å². The zero-order valence-electron chi connectivity index (χ0n) is 17.7. The normalized spacial score (nSPS) is 15.6. The molecule has 8 heteroatoms. The van der Waals surface area contributed by atoms with Crippen LogP contribution < -0.4 is 0 Å². The van der Waals surface area contributed by atoms with Gasteiger partial charge in [0.15, 0.2) is 5.16 Å². The first-order chi connectivity index (χ1) is 15.1. The molecule has 0 spiro atoms. The van der Waals surface area contributed by atoms with Crippen LogP contribution in [-0.4, -0.2) is 37.7 Å². The highest BCUT2D eigenvalue weighted by Gasteiger charge is 2.20. The van der Waals surface area contributed by atoms with Crippen molar-refractivity contribution in [3.05, 3.63) is 81.7 Å². The Kier molecular flexibility index (Phi) is 6.99. The maximum absolute atomic E-state index is 11.2. The number of rotatable bonds is 8. The Labute approximate surface area is 186 Å². The predicted octanol–water partition coefficient (Wildman–Crippen LogP) is 5.07. The van der Waals surface area contributed by atoms with E-state index in [-0.39, 0.29) is 15.9 Å². The fourth-order valence-electron chi connectivity index (χ4n) is 3.88. The maximum atomic E-state index is 11.2. The SMILES string of the molecule is CC(Sc1nnc(CN2CCCCC2)n1Cc1ccccc1)c1cccc([N+](=O)[O-])c1. The average molecular weight is 438 g/mol. The number of hydrogen-bond donors (Lipinski definition) is 0. The number of benzene rings is 2. The molecule has 1 unspecified atom stereocenters. The molecule has 0 bridgehead atoms. The summed E-state index contributed by atoms with van der Waals surface area (Å²) in [4.78, 5) is 13.3. The molecular formula is C23H27N5O2S. The third-order valence-electron chi connectivity index (χ3n) is 5.62. The molecule has 0 amide bonds. The van der Waals surface area contributed by atoms with Gasteiger partial charge < -0.3 is 4.57 Å². The zero-order valence-corrected chi connectivity index (χ0v) is 18.5. The fourth-order valence-corrected chi connectivity index (χ4v) is 4.87. The summed E-state index contributed by atoms with van der Waals surface area (Å²) in [6, 6.07) is 17.2. The van der Waals surface area contributed by atoms with Gasteiger partial charge in [-0.1, -0.05) is 60.6 Å². The van der Waals surface area contributed by atoms with Gasteiger partial charge in [0.1, 0.15) is 5.82 Å². The topological polar surface area (TPSA) is 77.1 Å². The summed E-state index contributed by atoms with van der Waals surface area (Å²) in [6.45, 7) is 5.76. The van der Waals surface area contributed by atoms with Crippen molar-refractivity contribution in [1.29, 1.82) is 0 Å². The summed E-state index contributed by atoms with van der Waals surface area (Å²) >= 11 is 1.59. The number of hydrogen-bond acceptors (Lipinski definition) is 6. The van der Waals surface area contributed by atoms with E-state index in [9.17, 15) is 10.1 Å². The molecule has 31 heavy (non-hydrogen) atoms. The van der Waals surface area contributed by atoms with Crippen LogP contribution in [0.5, 0.6) is 0 Å². The maximum Gasteiger partial charge on any atom is 0.269 e. The van der Waals surface area contributed by atoms with Crippen LogP contribution in [0.1, 0.15) is 48.4 Å². The summed E-state index contributed by atoms with van der Waals surface area (Å²) in [5.74, 6) is 0.972. The largest absolute Gasteiger partial charge is 0.300 e. The first kappa shape index (κ1) is 21.5. The van der Waals surface area contributed by atoms with Crippen molar-refractivity contribution < 1.29 is 4.92 Å². The van der Waals surface area contributed by atoms with Crippen molar-refractivity contribution in [2.24, 2.45) is 0 Å². The van der Waals surface area contributed by atoms with Crippen molar-refractivity contribution in [3.63, 3.8) is 0 Å². The van der Waals surface area contributed by atoms with E-state index in [1.54, 1.807) is 23.9 Å². The van der Waals surface area contributed by atoms with Gasteiger partial charge in [0.25, 0.3) is 5.69 Å². The second-order valence-electron chi connectivity index (χ2n) is 7.92. The summed E-state index contributed by atoms with van der Waals surface area (Å²) in [5.41, 5.74) is 2.22. The quantitative estimate of drug-likeness (QED) is 0.278. The van der Waals surface area contributed by atoms with Crippen LogP contribution in [0.25, 0.3) is 0 Å². The minimum absolute atomic E-state index is 0.0152. The van der Waals surface area contributed by atoms with Crippen LogP contribution in [0.4, 0.5) is 5.69 Å². The molecule has 0 radical (unpaired) electrons. The Hall–Kier alpha value is -2.71. The van der Waals surface area contributed by atoms with E-state index in [4.69, 9.17) is 0 Å². The monoisotopic (exact) mass is 437 g/mol. The molecule has 7 nitrogen and oxygen atoms in total. The molecule has 2 heterocycles. The van der Waals surface area contributed by atoms with Crippen LogP contribution in [0.15, 0.2) is 59.8 Å². The van der Waals surface area contributed by atoms with Gasteiger partial charge in [-0.05, 0) is 44.0 Å². The van der Waals surface area contributed by atoms with E-state index in [0.717, 1.165) is 36.2 Å². The molecule has 0 aliphatic carbocycles. The minimum Gasteiger partial charge on any atom is -0.300 e. The standard InChI is InChI=1S/C23H27N5O2S/c1-18(20-11-8-12-21(15-20)28(29)30)31-23-25-24-22(17-26-13-6-3-7-14-26)27(23)16-19-9-4-2-5-10-19/h2,4-5,8-12,15,18H,3,6-7,13-14,16-17H2,1H3. The van der Waals surface area contributed by atoms with Gasteiger partial charge in [0, 0.05) is 17.4 Å². The molecule has 1 aromatic heterocycles. The number of non-ortho nitro benzene ring substituents is 1. The number of nitro benzene ring substituents is 1. The average Bonchev–Trinajstić information content (AvgIpc) is 3.16. The number of thioether (sulfide) groups is 1. The lowest BCUT2D eigenvalue weighted by atomic mass is 10.1. The molecule has 1 atom stereocenters. The molecule has 1 fully saturated rings. The Balaban J connectivity index is 1.58. The summed E-state index contributed by atoms with van der Waals surface area (Å²) in [7, 11) is 0. The molecule has 162 valence electrons. The van der Waals surface area contributed by atoms with E-state index in [2.05, 4.69) is 38.7 Å². The highest BCUT2D eigenvalue weighted by molar-refractivity contribution is 7.99. The highest BCUT2D eigenvalue weighted by atomic mass is 32.2. The van der Waals surface area contributed by atoms with Gasteiger partial charge in [-0.2, -0.15) is 0 Å². The lowest BCUT2D eigenvalue weighted by Gasteiger charge is -2.26. The smallest absolute Gasteiger partial charge is 0.269 e. The first-order valence-electron chi connectivity index (χ1n) is 10.7. The van der Waals surface area contributed by atoms with Crippen LogP contribution in [0, 0.1) is 10.1 Å². The number of aromatic nitrogens is 3. The van der Waals surface area contributed by atoms with Crippen LogP contribution in [0.2, 0.25) is 0 Å². The van der Waals surface area contributed by atoms with Crippen LogP contribution in [-0.2, 0) is 13.1 Å². The van der Waals surface area contributed by atoms with Gasteiger partial charge in [-0.25, -0.2) is 0 Å². The summed E-state index contributed by atoms with van der Waals surface area (Å²) in [5, 5.41) is 21.1. The van der Waals surface area contributed by atoms with Gasteiger partial charge in [0.05, 0.1) is 18.0 Å². The predicted molar refractivity (Wildman–Crippen MR) is 122 cm³/mol. The Morgan fingerprint density at radius 3 is 2.55 bits per heavy atom. The van der Waals surface area contributed by atoms with E-state index < -0.39 is 0 Å². The molecule has 0 saturated carbocycles. The Morgan fingerprint density at radius 1 is 1.03 bits per heavy atom. The lowest BCUT2D eigenvalue weighted by molar-refractivity contribution is -0.384. The molecule has 1 saturated heterocycles. The third kappa shape index (κ3) is 5.51. The molecule has 3 aromatic rings. The number of nitrogens with zero attached hydrogens (tertiary/aromatic N) is 5. The minimum atomic E-state index is -0.352. The molecule has 1 aliphatic heterocycles. The Morgan fingerprint density at radius 2 is 1.81 bits per heavy atom. The van der Waals surface area contributed by atoms with Gasteiger partial charge in [0.2, 0.25) is 0 Å². The molecule has 2 aromatic carbocycles. The Bertz CT molecular complexity index is 1020. The fraction of sp³-hybridized carbons (Fsp3) is 0.391. The van der Waals surface area contributed by atoms with Crippen molar-refractivity contribution in [2.45, 2.75) is 49.7 Å². The van der Waals surface area contributed by atoms with Gasteiger partial charge in [-0.3, -0.25) is 15.0 Å². The highest BCUT2D eigenvalue weighted by Crippen LogP contribution is 2.35. The van der Waals surface area contributed by atoms with E-state index in [0.29, 0.717) is 6.54 Å². The van der Waals surface area contributed by atoms with E-state index in [1.807, 2.05) is 24.3 Å². The van der Waals surface area contributed by atoms with Crippen molar-refractivity contribution in [1.82, 2.24) is 19.7 Å².